The molecule has 0 saturated carbocycles. The predicted molar refractivity (Wildman–Crippen MR) is 309 cm³/mol. The summed E-state index contributed by atoms with van der Waals surface area (Å²) in [5.41, 5.74) is 4.72. The number of carboxylic acids is 3. The Labute approximate surface area is 495 Å². The van der Waals surface area contributed by atoms with E-state index in [9.17, 15) is 58.7 Å². The molecule has 452 valence electrons. The SMILES string of the molecule is CCCOc1ccccc1-c1ccccc1CC(=O)O.CCOC(=O)Cc1ccccc1-c1ccc(C(F)(F)F)cc1.CCOc1ccc(Cl)cc1-c1ccccc1CC(=O)O.O=C(O)Cc1cc(C(F)(F)F)ccc1-c1ccc(C(F)(F)F)cc1. The Morgan fingerprint density at radius 1 is 0.395 bits per heavy atom. The Bertz CT molecular complexity index is 3550. The molecule has 8 aromatic carbocycles. The van der Waals surface area contributed by atoms with Crippen molar-refractivity contribution in [1.29, 1.82) is 0 Å². The second-order valence-electron chi connectivity index (χ2n) is 18.6. The molecule has 20 heteroatoms. The van der Waals surface area contributed by atoms with E-state index in [0.717, 1.165) is 105 Å². The van der Waals surface area contributed by atoms with E-state index in [1.54, 1.807) is 55.5 Å². The minimum absolute atomic E-state index is 0.0122. The van der Waals surface area contributed by atoms with Gasteiger partial charge in [0.05, 0.1) is 62.2 Å². The summed E-state index contributed by atoms with van der Waals surface area (Å²) >= 11 is 6.05. The normalized spacial score (nSPS) is 11.1. The van der Waals surface area contributed by atoms with Gasteiger partial charge in [-0.3, -0.25) is 19.2 Å². The van der Waals surface area contributed by atoms with E-state index < -0.39 is 59.5 Å². The van der Waals surface area contributed by atoms with Crippen LogP contribution < -0.4 is 9.47 Å². The van der Waals surface area contributed by atoms with Crippen molar-refractivity contribution in [2.45, 2.75) is 71.4 Å². The zero-order chi connectivity index (χ0) is 63.2. The van der Waals surface area contributed by atoms with Crippen LogP contribution in [0.1, 0.15) is 66.1 Å². The molecule has 0 amide bonds. The summed E-state index contributed by atoms with van der Waals surface area (Å²) in [5.74, 6) is -1.90. The van der Waals surface area contributed by atoms with E-state index in [0.29, 0.717) is 42.2 Å². The van der Waals surface area contributed by atoms with Crippen molar-refractivity contribution in [3.05, 3.63) is 226 Å². The third-order valence-electron chi connectivity index (χ3n) is 12.4. The highest BCUT2D eigenvalue weighted by Gasteiger charge is 2.33. The molecule has 0 heterocycles. The lowest BCUT2D eigenvalue weighted by atomic mass is 9.94. The van der Waals surface area contributed by atoms with Crippen molar-refractivity contribution >= 4 is 35.5 Å². The topological polar surface area (TPSA) is 157 Å². The lowest BCUT2D eigenvalue weighted by Gasteiger charge is -2.14. The number of alkyl halides is 9. The first-order valence-electron chi connectivity index (χ1n) is 26.5. The van der Waals surface area contributed by atoms with Crippen LogP contribution >= 0.6 is 11.6 Å². The number of hydrogen-bond acceptors (Lipinski definition) is 7. The van der Waals surface area contributed by atoms with Gasteiger partial charge in [0.1, 0.15) is 11.5 Å². The van der Waals surface area contributed by atoms with Crippen LogP contribution in [0.3, 0.4) is 0 Å². The number of rotatable bonds is 18. The summed E-state index contributed by atoms with van der Waals surface area (Å²) in [6.45, 7) is 7.16. The van der Waals surface area contributed by atoms with Crippen molar-refractivity contribution in [2.75, 3.05) is 19.8 Å². The zero-order valence-corrected chi connectivity index (χ0v) is 47.2. The summed E-state index contributed by atoms with van der Waals surface area (Å²) in [6.07, 6.45) is -13.2. The van der Waals surface area contributed by atoms with Crippen molar-refractivity contribution in [3.8, 4) is 56.0 Å². The predicted octanol–water partition coefficient (Wildman–Crippen LogP) is 17.3. The second-order valence-corrected chi connectivity index (χ2v) is 19.0. The van der Waals surface area contributed by atoms with Crippen LogP contribution in [-0.4, -0.2) is 59.0 Å². The maximum absolute atomic E-state index is 12.8. The minimum atomic E-state index is -4.65. The molecule has 0 aliphatic carbocycles. The molecule has 0 fully saturated rings. The van der Waals surface area contributed by atoms with Crippen LogP contribution in [0.5, 0.6) is 11.5 Å². The third-order valence-corrected chi connectivity index (χ3v) is 12.6. The highest BCUT2D eigenvalue weighted by molar-refractivity contribution is 6.31. The molecule has 0 spiro atoms. The quantitative estimate of drug-likeness (QED) is 0.0558. The third kappa shape index (κ3) is 20.6. The molecule has 86 heavy (non-hydrogen) atoms. The maximum Gasteiger partial charge on any atom is 0.416 e. The van der Waals surface area contributed by atoms with Crippen LogP contribution in [0, 0.1) is 0 Å². The summed E-state index contributed by atoms with van der Waals surface area (Å²) in [6, 6.07) is 46.3. The molecular formula is C66H58ClF9O10. The van der Waals surface area contributed by atoms with Crippen LogP contribution in [0.4, 0.5) is 39.5 Å². The average molecular weight is 1220 g/mol. The van der Waals surface area contributed by atoms with Gasteiger partial charge in [-0.25, -0.2) is 0 Å². The van der Waals surface area contributed by atoms with Gasteiger partial charge in [0, 0.05) is 16.1 Å². The number of halogens is 10. The van der Waals surface area contributed by atoms with Crippen molar-refractivity contribution < 1.29 is 88.2 Å². The molecule has 8 rings (SSSR count). The Kier molecular flexibility index (Phi) is 24.9. The summed E-state index contributed by atoms with van der Waals surface area (Å²) in [4.78, 5) is 44.4. The van der Waals surface area contributed by atoms with Gasteiger partial charge in [-0.15, -0.1) is 0 Å². The van der Waals surface area contributed by atoms with Gasteiger partial charge < -0.3 is 29.5 Å². The van der Waals surface area contributed by atoms with Gasteiger partial charge in [-0.05, 0) is 137 Å². The Morgan fingerprint density at radius 3 is 1.24 bits per heavy atom. The summed E-state index contributed by atoms with van der Waals surface area (Å²) in [7, 11) is 0. The van der Waals surface area contributed by atoms with E-state index in [1.165, 1.54) is 12.1 Å². The fourth-order valence-electron chi connectivity index (χ4n) is 8.58. The highest BCUT2D eigenvalue weighted by Crippen LogP contribution is 2.38. The van der Waals surface area contributed by atoms with E-state index in [2.05, 4.69) is 6.92 Å². The first-order chi connectivity index (χ1) is 40.7. The molecule has 0 aromatic heterocycles. The molecule has 0 saturated heterocycles. The number of para-hydroxylation sites is 1. The lowest BCUT2D eigenvalue weighted by Crippen LogP contribution is -2.09. The fraction of sp³-hybridized carbons (Fsp3) is 0.212. The number of ether oxygens (including phenoxy) is 3. The first kappa shape index (κ1) is 67.7. The number of carboxylic acid groups (broad SMARTS) is 3. The Hall–Kier alpha value is -9.10. The molecule has 3 N–H and O–H groups in total. The van der Waals surface area contributed by atoms with Crippen LogP contribution in [0.15, 0.2) is 182 Å². The molecule has 0 radical (unpaired) electrons. The van der Waals surface area contributed by atoms with Crippen molar-refractivity contribution in [1.82, 2.24) is 0 Å². The van der Waals surface area contributed by atoms with E-state index in [1.807, 2.05) is 73.7 Å². The number of carbonyl (C=O) groups excluding carboxylic acids is 1. The van der Waals surface area contributed by atoms with E-state index >= 15 is 0 Å². The molecule has 0 atom stereocenters. The highest BCUT2D eigenvalue weighted by atomic mass is 35.5. The Morgan fingerprint density at radius 2 is 0.791 bits per heavy atom. The summed E-state index contributed by atoms with van der Waals surface area (Å²) < 4.78 is 130. The molecule has 0 aliphatic rings. The van der Waals surface area contributed by atoms with E-state index in [4.69, 9.17) is 41.1 Å². The van der Waals surface area contributed by atoms with Crippen LogP contribution in [-0.2, 0) is 68.1 Å². The van der Waals surface area contributed by atoms with Gasteiger partial charge in [0.25, 0.3) is 0 Å². The fourth-order valence-corrected chi connectivity index (χ4v) is 8.76. The molecule has 0 bridgehead atoms. The number of benzene rings is 8. The average Bonchev–Trinajstić information content (AvgIpc) is 1.43. The van der Waals surface area contributed by atoms with Crippen LogP contribution in [0.2, 0.25) is 5.02 Å². The molecule has 10 nitrogen and oxygen atoms in total. The molecule has 0 unspecified atom stereocenters. The van der Waals surface area contributed by atoms with Crippen molar-refractivity contribution in [3.63, 3.8) is 0 Å². The first-order valence-corrected chi connectivity index (χ1v) is 26.9. The molecular weight excluding hydrogens is 1160 g/mol. The van der Waals surface area contributed by atoms with Gasteiger partial charge in [0.2, 0.25) is 0 Å². The lowest BCUT2D eigenvalue weighted by molar-refractivity contribution is -0.142. The smallest absolute Gasteiger partial charge is 0.416 e. The molecule has 8 aromatic rings. The maximum atomic E-state index is 12.8. The monoisotopic (exact) mass is 1220 g/mol. The van der Waals surface area contributed by atoms with Gasteiger partial charge in [-0.2, -0.15) is 39.5 Å². The van der Waals surface area contributed by atoms with Crippen LogP contribution in [0.25, 0.3) is 44.5 Å². The zero-order valence-electron chi connectivity index (χ0n) is 46.5. The van der Waals surface area contributed by atoms with Crippen molar-refractivity contribution in [2.24, 2.45) is 0 Å². The largest absolute Gasteiger partial charge is 0.493 e. The number of aliphatic carboxylic acids is 3. The summed E-state index contributed by atoms with van der Waals surface area (Å²) in [5, 5.41) is 27.5. The number of hydrogen-bond donors (Lipinski definition) is 3. The standard InChI is InChI=1S/C17H15F3O2.C17H18O3.C16H15ClO3.C16H10F6O2/c1-2-22-16(21)11-13-5-3-4-6-15(13)12-7-9-14(10-8-12)17(18,19)20;1-2-11-20-16-10-6-5-9-15(16)14-8-4-3-7-13(14)12-17(18)19;1-2-20-15-8-7-12(17)10-14(15)13-6-4-3-5-11(13)9-16(18)19;17-15(18,19)11-3-1-9(2-4-11)13-6-5-12(16(20,21)22)7-10(13)8-14(23)24/h3-10H,2,11H2,1H3;3-10H,2,11-12H2,1H3,(H,18,19);3-8,10H,2,9H2,1H3,(H,18,19);1-7H,8H2,(H,23,24). The van der Waals surface area contributed by atoms with Gasteiger partial charge in [0.15, 0.2) is 0 Å². The Balaban J connectivity index is 0.000000210. The molecule has 0 aliphatic heterocycles. The van der Waals surface area contributed by atoms with Gasteiger partial charge >= 0.3 is 42.4 Å². The number of carbonyl (C=O) groups is 4. The van der Waals surface area contributed by atoms with Gasteiger partial charge in [-0.1, -0.05) is 140 Å². The minimum Gasteiger partial charge on any atom is -0.493 e. The second kappa shape index (κ2) is 31.7. The van der Waals surface area contributed by atoms with E-state index in [-0.39, 0.29) is 41.9 Å². The number of esters is 1.